The predicted octanol–water partition coefficient (Wildman–Crippen LogP) is 3.09. The van der Waals surface area contributed by atoms with E-state index in [2.05, 4.69) is 38.3 Å². The van der Waals surface area contributed by atoms with Crippen molar-refractivity contribution in [2.24, 2.45) is 0 Å². The molecule has 144 valence electrons. The molecule has 8 heteroatoms. The van der Waals surface area contributed by atoms with Gasteiger partial charge < -0.3 is 19.9 Å². The second kappa shape index (κ2) is 8.22. The van der Waals surface area contributed by atoms with Crippen molar-refractivity contribution >= 4 is 22.6 Å². The van der Waals surface area contributed by atoms with Gasteiger partial charge in [-0.2, -0.15) is 5.10 Å². The average molecular weight is 370 g/mol. The van der Waals surface area contributed by atoms with Crippen molar-refractivity contribution in [2.75, 3.05) is 19.0 Å². The van der Waals surface area contributed by atoms with Gasteiger partial charge in [-0.3, -0.25) is 0 Å². The monoisotopic (exact) mass is 370 g/mol. The first-order valence-electron chi connectivity index (χ1n) is 9.07. The number of anilines is 1. The molecular formula is C19H26N6O2. The van der Waals surface area contributed by atoms with Crippen LogP contribution >= 0.6 is 0 Å². The van der Waals surface area contributed by atoms with Gasteiger partial charge in [0, 0.05) is 42.5 Å². The molecule has 0 aliphatic heterocycles. The normalized spacial score (nSPS) is 12.3. The zero-order chi connectivity index (χ0) is 19.4. The molecule has 1 aromatic carbocycles. The Balaban J connectivity index is 1.70. The van der Waals surface area contributed by atoms with Gasteiger partial charge in [0.05, 0.1) is 12.6 Å². The van der Waals surface area contributed by atoms with E-state index in [0.29, 0.717) is 13.2 Å². The molecule has 3 rings (SSSR count). The lowest BCUT2D eigenvalue weighted by Crippen LogP contribution is -2.32. The minimum absolute atomic E-state index is 0.242. The van der Waals surface area contributed by atoms with Gasteiger partial charge in [0.2, 0.25) is 0 Å². The Morgan fingerprint density at radius 3 is 2.89 bits per heavy atom. The number of aryl methyl sites for hydroxylation is 2. The molecule has 0 saturated heterocycles. The van der Waals surface area contributed by atoms with Crippen LogP contribution in [0.4, 0.5) is 10.5 Å². The van der Waals surface area contributed by atoms with Gasteiger partial charge in [-0.15, -0.1) is 0 Å². The fourth-order valence-corrected chi connectivity index (χ4v) is 3.25. The van der Waals surface area contributed by atoms with Crippen LogP contribution in [0.25, 0.3) is 10.9 Å². The summed E-state index contributed by atoms with van der Waals surface area (Å²) in [6.07, 6.45) is 1.50. The highest BCUT2D eigenvalue weighted by Crippen LogP contribution is 2.23. The maximum absolute atomic E-state index is 12.4. The maximum Gasteiger partial charge on any atom is 0.319 e. The molecule has 1 unspecified atom stereocenters. The lowest BCUT2D eigenvalue weighted by molar-refractivity contribution is 0.188. The van der Waals surface area contributed by atoms with E-state index in [-0.39, 0.29) is 12.1 Å². The van der Waals surface area contributed by atoms with Gasteiger partial charge in [0.25, 0.3) is 0 Å². The zero-order valence-corrected chi connectivity index (χ0v) is 16.2. The first-order chi connectivity index (χ1) is 13.0. The Hall–Kier alpha value is -2.87. The molecule has 2 heterocycles. The maximum atomic E-state index is 12.4. The highest BCUT2D eigenvalue weighted by atomic mass is 16.5. The zero-order valence-electron chi connectivity index (χ0n) is 16.2. The molecule has 1 atom stereocenters. The highest BCUT2D eigenvalue weighted by Gasteiger charge is 2.15. The van der Waals surface area contributed by atoms with Crippen molar-refractivity contribution in [1.82, 2.24) is 24.6 Å². The molecule has 2 aromatic heterocycles. The van der Waals surface area contributed by atoms with Crippen LogP contribution in [-0.4, -0.2) is 39.1 Å². The number of urea groups is 1. The summed E-state index contributed by atoms with van der Waals surface area (Å²) in [5.74, 6) is 0.731. The quantitative estimate of drug-likeness (QED) is 0.669. The number of amides is 2. The number of fused-ring (bicyclic) bond motifs is 1. The second-order valence-corrected chi connectivity index (χ2v) is 6.46. The Bertz CT molecular complexity index is 930. The van der Waals surface area contributed by atoms with Crippen molar-refractivity contribution in [2.45, 2.75) is 39.9 Å². The van der Waals surface area contributed by atoms with Crippen LogP contribution < -0.4 is 10.6 Å². The van der Waals surface area contributed by atoms with Crippen molar-refractivity contribution in [1.29, 1.82) is 0 Å². The van der Waals surface area contributed by atoms with E-state index in [0.717, 1.165) is 34.7 Å². The number of rotatable bonds is 7. The number of aromatic nitrogens is 4. The Kier molecular flexibility index (Phi) is 5.75. The number of nitrogens with one attached hydrogen (secondary N) is 2. The number of nitrogens with zero attached hydrogens (tertiary/aromatic N) is 4. The minimum atomic E-state index is -0.275. The number of carbonyl (C=O) groups is 1. The van der Waals surface area contributed by atoms with E-state index in [9.17, 15) is 4.79 Å². The van der Waals surface area contributed by atoms with Crippen molar-refractivity contribution in [3.05, 3.63) is 42.1 Å². The molecule has 8 nitrogen and oxygen atoms in total. The van der Waals surface area contributed by atoms with Gasteiger partial charge in [0.1, 0.15) is 12.2 Å². The third-order valence-corrected chi connectivity index (χ3v) is 4.57. The largest absolute Gasteiger partial charge is 0.383 e. The molecule has 0 bridgehead atoms. The fraction of sp³-hybridized carbons (Fsp3) is 0.421. The molecule has 2 N–H and O–H groups in total. The predicted molar refractivity (Wildman–Crippen MR) is 105 cm³/mol. The number of benzene rings is 1. The molecule has 2 amide bonds. The lowest BCUT2D eigenvalue weighted by atomic mass is 10.2. The molecule has 0 fully saturated rings. The smallest absolute Gasteiger partial charge is 0.319 e. The minimum Gasteiger partial charge on any atom is -0.383 e. The number of ether oxygens (including phenoxy) is 1. The number of methoxy groups -OCH3 is 1. The van der Waals surface area contributed by atoms with Crippen LogP contribution in [0.5, 0.6) is 0 Å². The summed E-state index contributed by atoms with van der Waals surface area (Å²) in [6.45, 7) is 8.11. The first-order valence-corrected chi connectivity index (χ1v) is 9.07. The van der Waals surface area contributed by atoms with Crippen LogP contribution in [0.1, 0.15) is 31.4 Å². The van der Waals surface area contributed by atoms with Crippen molar-refractivity contribution < 1.29 is 9.53 Å². The summed E-state index contributed by atoms with van der Waals surface area (Å²) in [6, 6.07) is 7.50. The molecule has 27 heavy (non-hydrogen) atoms. The van der Waals surface area contributed by atoms with E-state index in [1.807, 2.05) is 32.0 Å². The van der Waals surface area contributed by atoms with Gasteiger partial charge in [-0.25, -0.2) is 14.5 Å². The topological polar surface area (TPSA) is 86.0 Å². The first kappa shape index (κ1) is 18.9. The van der Waals surface area contributed by atoms with Crippen LogP contribution in [0.2, 0.25) is 0 Å². The van der Waals surface area contributed by atoms with Crippen LogP contribution in [-0.2, 0) is 17.8 Å². The number of hydrogen-bond donors (Lipinski definition) is 2. The molecule has 0 saturated carbocycles. The molecule has 0 radical (unpaired) electrons. The lowest BCUT2D eigenvalue weighted by Gasteiger charge is -2.15. The van der Waals surface area contributed by atoms with E-state index in [1.165, 1.54) is 6.33 Å². The molecule has 0 aliphatic carbocycles. The molecule has 3 aromatic rings. The van der Waals surface area contributed by atoms with Gasteiger partial charge >= 0.3 is 6.03 Å². The summed E-state index contributed by atoms with van der Waals surface area (Å²) in [5, 5.41) is 11.0. The molecule has 0 aliphatic rings. The third kappa shape index (κ3) is 4.11. The number of hydrogen-bond acceptors (Lipinski definition) is 4. The average Bonchev–Trinajstić information content (AvgIpc) is 3.23. The van der Waals surface area contributed by atoms with E-state index in [1.54, 1.807) is 11.8 Å². The molecule has 0 spiro atoms. The van der Waals surface area contributed by atoms with Crippen LogP contribution in [0, 0.1) is 6.92 Å². The standard InChI is InChI=1S/C19H26N6O2/c1-5-25-18(20-12-21-25)14(3)22-19(26)23-16-6-7-17-15(11-16)10-13(2)24(17)8-9-27-4/h6-7,10-12,14H,5,8-9H2,1-4H3,(H2,22,23,26). The van der Waals surface area contributed by atoms with E-state index >= 15 is 0 Å². The second-order valence-electron chi connectivity index (χ2n) is 6.46. The Morgan fingerprint density at radius 2 is 2.15 bits per heavy atom. The highest BCUT2D eigenvalue weighted by molar-refractivity contribution is 5.93. The fourth-order valence-electron chi connectivity index (χ4n) is 3.25. The number of carbonyl (C=O) groups excluding carboxylic acids is 1. The summed E-state index contributed by atoms with van der Waals surface area (Å²) in [7, 11) is 1.70. The SMILES string of the molecule is CCn1ncnc1C(C)NC(=O)Nc1ccc2c(c1)cc(C)n2CCOC. The third-order valence-electron chi connectivity index (χ3n) is 4.57. The van der Waals surface area contributed by atoms with Crippen LogP contribution in [0.3, 0.4) is 0 Å². The summed E-state index contributed by atoms with van der Waals surface area (Å²) in [5.41, 5.74) is 3.03. The Morgan fingerprint density at radius 1 is 1.33 bits per heavy atom. The molecular weight excluding hydrogens is 344 g/mol. The van der Waals surface area contributed by atoms with Crippen molar-refractivity contribution in [3.8, 4) is 0 Å². The summed E-state index contributed by atoms with van der Waals surface area (Å²) in [4.78, 5) is 16.6. The van der Waals surface area contributed by atoms with Gasteiger partial charge in [-0.1, -0.05) is 0 Å². The summed E-state index contributed by atoms with van der Waals surface area (Å²) < 4.78 is 9.16. The Labute approximate surface area is 158 Å². The van der Waals surface area contributed by atoms with E-state index in [4.69, 9.17) is 4.74 Å². The van der Waals surface area contributed by atoms with Gasteiger partial charge in [-0.05, 0) is 45.0 Å². The van der Waals surface area contributed by atoms with Gasteiger partial charge in [0.15, 0.2) is 0 Å². The van der Waals surface area contributed by atoms with Crippen LogP contribution in [0.15, 0.2) is 30.6 Å². The van der Waals surface area contributed by atoms with Crippen molar-refractivity contribution in [3.63, 3.8) is 0 Å². The van der Waals surface area contributed by atoms with E-state index < -0.39 is 0 Å². The summed E-state index contributed by atoms with van der Waals surface area (Å²) >= 11 is 0.